The van der Waals surface area contributed by atoms with Crippen LogP contribution in [0.5, 0.6) is 11.5 Å². The molecule has 1 fully saturated rings. The summed E-state index contributed by atoms with van der Waals surface area (Å²) in [6.07, 6.45) is 5.48. The van der Waals surface area contributed by atoms with Gasteiger partial charge in [-0.3, -0.25) is 9.59 Å². The highest BCUT2D eigenvalue weighted by Crippen LogP contribution is 2.34. The quantitative estimate of drug-likeness (QED) is 0.579. The van der Waals surface area contributed by atoms with E-state index in [9.17, 15) is 9.59 Å². The normalized spacial score (nSPS) is 16.0. The van der Waals surface area contributed by atoms with Crippen molar-refractivity contribution in [1.29, 1.82) is 0 Å². The first-order valence-electron chi connectivity index (χ1n) is 11.3. The number of carbonyl (C=O) groups is 2. The maximum atomic E-state index is 12.8. The molecule has 3 heterocycles. The van der Waals surface area contributed by atoms with Gasteiger partial charge in [-0.05, 0) is 37.1 Å². The summed E-state index contributed by atoms with van der Waals surface area (Å²) in [6, 6.07) is 13.2. The molecule has 7 nitrogen and oxygen atoms in total. The van der Waals surface area contributed by atoms with Crippen LogP contribution in [0.3, 0.4) is 0 Å². The van der Waals surface area contributed by atoms with Gasteiger partial charge in [0.1, 0.15) is 11.3 Å². The number of aryl methyl sites for hydroxylation is 1. The number of anilines is 1. The average molecular weight is 447 g/mol. The maximum Gasteiger partial charge on any atom is 0.246 e. The Balaban J connectivity index is 1.18. The Morgan fingerprint density at radius 2 is 1.88 bits per heavy atom. The zero-order valence-corrected chi connectivity index (χ0v) is 18.5. The van der Waals surface area contributed by atoms with E-state index in [0.717, 1.165) is 28.7 Å². The molecule has 0 bridgehead atoms. The van der Waals surface area contributed by atoms with Crippen molar-refractivity contribution in [3.05, 3.63) is 59.9 Å². The summed E-state index contributed by atoms with van der Waals surface area (Å²) in [4.78, 5) is 27.3. The first-order valence-corrected chi connectivity index (χ1v) is 11.3. The molecule has 170 valence electrons. The van der Waals surface area contributed by atoms with Gasteiger partial charge in [0.25, 0.3) is 0 Å². The van der Waals surface area contributed by atoms with Gasteiger partial charge < -0.3 is 24.1 Å². The Labute approximate surface area is 192 Å². The van der Waals surface area contributed by atoms with Crippen molar-refractivity contribution in [2.45, 2.75) is 26.2 Å². The van der Waals surface area contributed by atoms with E-state index in [-0.39, 0.29) is 24.5 Å². The van der Waals surface area contributed by atoms with E-state index in [1.165, 1.54) is 0 Å². The molecule has 2 aromatic carbocycles. The number of nitrogens with zero attached hydrogens (tertiary/aromatic N) is 1. The maximum absolute atomic E-state index is 12.8. The number of nitrogens with one attached hydrogen (secondary N) is 1. The van der Waals surface area contributed by atoms with Crippen molar-refractivity contribution >= 4 is 34.5 Å². The average Bonchev–Trinajstić information content (AvgIpc) is 3.46. The van der Waals surface area contributed by atoms with Gasteiger partial charge in [0, 0.05) is 54.2 Å². The zero-order chi connectivity index (χ0) is 22.8. The minimum atomic E-state index is -0.132. The van der Waals surface area contributed by atoms with E-state index in [1.807, 2.05) is 37.3 Å². The Bertz CT molecular complexity index is 1220. The number of hydrogen-bond acceptors (Lipinski definition) is 5. The molecule has 0 atom stereocenters. The number of piperidine rings is 1. The summed E-state index contributed by atoms with van der Waals surface area (Å²) in [6.45, 7) is 3.34. The van der Waals surface area contributed by atoms with Gasteiger partial charge >= 0.3 is 0 Å². The van der Waals surface area contributed by atoms with Gasteiger partial charge in [-0.1, -0.05) is 25.1 Å². The van der Waals surface area contributed by atoms with Crippen LogP contribution in [0.25, 0.3) is 17.0 Å². The topological polar surface area (TPSA) is 81.0 Å². The van der Waals surface area contributed by atoms with E-state index in [0.29, 0.717) is 43.1 Å². The van der Waals surface area contributed by atoms with Crippen molar-refractivity contribution in [2.75, 3.05) is 25.2 Å². The number of benzene rings is 2. The molecule has 33 heavy (non-hydrogen) atoms. The second-order valence-corrected chi connectivity index (χ2v) is 8.28. The predicted molar refractivity (Wildman–Crippen MR) is 125 cm³/mol. The smallest absolute Gasteiger partial charge is 0.246 e. The molecule has 0 unspecified atom stereocenters. The second kappa shape index (κ2) is 9.02. The number of rotatable bonds is 5. The lowest BCUT2D eigenvalue weighted by Gasteiger charge is -2.30. The molecule has 0 saturated carbocycles. The molecule has 7 heteroatoms. The number of amides is 2. The number of carbonyl (C=O) groups excluding carboxylic acids is 2. The standard InChI is InChI=1S/C26H26N2O5/c1-2-21-20(19-5-3-4-6-22(19)33-21)8-10-25(29)28-13-11-17(12-14-28)26(30)27-18-7-9-23-24(15-18)32-16-31-23/h3-10,15,17H,2,11-14,16H2,1H3,(H,27,30)/b10-8+. The van der Waals surface area contributed by atoms with Crippen LogP contribution in [0.1, 0.15) is 31.1 Å². The van der Waals surface area contributed by atoms with E-state index >= 15 is 0 Å². The summed E-state index contributed by atoms with van der Waals surface area (Å²) in [5.41, 5.74) is 2.47. The highest BCUT2D eigenvalue weighted by atomic mass is 16.7. The molecule has 0 spiro atoms. The molecule has 0 radical (unpaired) electrons. The number of furan rings is 1. The predicted octanol–water partition coefficient (Wildman–Crippen LogP) is 4.61. The van der Waals surface area contributed by atoms with E-state index in [1.54, 1.807) is 29.2 Å². The number of hydrogen-bond donors (Lipinski definition) is 1. The lowest BCUT2D eigenvalue weighted by molar-refractivity contribution is -0.130. The van der Waals surface area contributed by atoms with Gasteiger partial charge in [0.05, 0.1) is 0 Å². The Kier molecular flexibility index (Phi) is 5.77. The number of para-hydroxylation sites is 1. The van der Waals surface area contributed by atoms with E-state index < -0.39 is 0 Å². The van der Waals surface area contributed by atoms with Crippen LogP contribution in [0.15, 0.2) is 53.0 Å². The van der Waals surface area contributed by atoms with E-state index in [4.69, 9.17) is 13.9 Å². The monoisotopic (exact) mass is 446 g/mol. The van der Waals surface area contributed by atoms with Crippen LogP contribution in [-0.2, 0) is 16.0 Å². The minimum absolute atomic E-state index is 0.0334. The van der Waals surface area contributed by atoms with Crippen molar-refractivity contribution in [2.24, 2.45) is 5.92 Å². The first-order chi connectivity index (χ1) is 16.1. The van der Waals surface area contributed by atoms with Gasteiger partial charge in [0.2, 0.25) is 18.6 Å². The molecular formula is C26H26N2O5. The molecule has 2 aliphatic rings. The van der Waals surface area contributed by atoms with Crippen LogP contribution < -0.4 is 14.8 Å². The van der Waals surface area contributed by atoms with Crippen LogP contribution in [0.4, 0.5) is 5.69 Å². The molecule has 2 amide bonds. The molecule has 1 N–H and O–H groups in total. The third kappa shape index (κ3) is 4.31. The fourth-order valence-electron chi connectivity index (χ4n) is 4.40. The summed E-state index contributed by atoms with van der Waals surface area (Å²) in [7, 11) is 0. The Morgan fingerprint density at radius 3 is 2.70 bits per heavy atom. The summed E-state index contributed by atoms with van der Waals surface area (Å²) in [5, 5.41) is 3.97. The summed E-state index contributed by atoms with van der Waals surface area (Å²) in [5.74, 6) is 1.98. The van der Waals surface area contributed by atoms with E-state index in [2.05, 4.69) is 5.32 Å². The first kappa shape index (κ1) is 21.1. The molecular weight excluding hydrogens is 420 g/mol. The number of ether oxygens (including phenoxy) is 2. The third-order valence-corrected chi connectivity index (χ3v) is 6.24. The molecule has 1 saturated heterocycles. The summed E-state index contributed by atoms with van der Waals surface area (Å²) < 4.78 is 16.6. The zero-order valence-electron chi connectivity index (χ0n) is 18.5. The van der Waals surface area contributed by atoms with Crippen molar-refractivity contribution in [1.82, 2.24) is 4.90 Å². The van der Waals surface area contributed by atoms with Gasteiger partial charge in [-0.25, -0.2) is 0 Å². The van der Waals surface area contributed by atoms with Crippen LogP contribution in [0, 0.1) is 5.92 Å². The number of fused-ring (bicyclic) bond motifs is 2. The lowest BCUT2D eigenvalue weighted by atomic mass is 9.95. The fourth-order valence-corrected chi connectivity index (χ4v) is 4.40. The largest absolute Gasteiger partial charge is 0.460 e. The summed E-state index contributed by atoms with van der Waals surface area (Å²) >= 11 is 0. The highest BCUT2D eigenvalue weighted by Gasteiger charge is 2.27. The van der Waals surface area contributed by atoms with Crippen molar-refractivity contribution in [3.8, 4) is 11.5 Å². The SMILES string of the molecule is CCc1oc2ccccc2c1/C=C/C(=O)N1CCC(C(=O)Nc2ccc3c(c2)OCO3)CC1. The molecule has 5 rings (SSSR count). The Morgan fingerprint density at radius 1 is 1.09 bits per heavy atom. The molecule has 3 aromatic rings. The number of likely N-dealkylation sites (tertiary alicyclic amines) is 1. The minimum Gasteiger partial charge on any atom is -0.460 e. The van der Waals surface area contributed by atoms with Gasteiger partial charge in [-0.2, -0.15) is 0 Å². The molecule has 1 aromatic heterocycles. The third-order valence-electron chi connectivity index (χ3n) is 6.24. The lowest BCUT2D eigenvalue weighted by Crippen LogP contribution is -2.40. The molecule has 2 aliphatic heterocycles. The molecule has 0 aliphatic carbocycles. The van der Waals surface area contributed by atoms with Crippen LogP contribution >= 0.6 is 0 Å². The fraction of sp³-hybridized carbons (Fsp3) is 0.308. The highest BCUT2D eigenvalue weighted by molar-refractivity contribution is 5.97. The van der Waals surface area contributed by atoms with Crippen molar-refractivity contribution in [3.63, 3.8) is 0 Å². The second-order valence-electron chi connectivity index (χ2n) is 8.28. The van der Waals surface area contributed by atoms with Crippen LogP contribution in [0.2, 0.25) is 0 Å². The van der Waals surface area contributed by atoms with Gasteiger partial charge in [0.15, 0.2) is 11.5 Å². The van der Waals surface area contributed by atoms with Crippen LogP contribution in [-0.4, -0.2) is 36.6 Å². The van der Waals surface area contributed by atoms with Crippen molar-refractivity contribution < 1.29 is 23.5 Å². The van der Waals surface area contributed by atoms with Gasteiger partial charge in [-0.15, -0.1) is 0 Å². The Hall–Kier alpha value is -3.74.